The van der Waals surface area contributed by atoms with Crippen LogP contribution in [0.2, 0.25) is 0 Å². The third kappa shape index (κ3) is 4.97. The number of hydrogen-bond donors (Lipinski definition) is 1. The standard InChI is InChI=1S/C21H33N3O5/c1-6-11-24-17(22)16(18(26)23(5)20(24)28)15(25)12-29-19(27)13-7-9-14(10-8-13)21(2,3)4/h13-14H,6-12,22H2,1-5H3. The Hall–Kier alpha value is -2.38. The minimum Gasteiger partial charge on any atom is -0.457 e. The summed E-state index contributed by atoms with van der Waals surface area (Å²) >= 11 is 0. The molecule has 1 aromatic rings. The van der Waals surface area contributed by atoms with Crippen molar-refractivity contribution in [3.8, 4) is 0 Å². The summed E-state index contributed by atoms with van der Waals surface area (Å²) in [4.78, 5) is 49.6. The van der Waals surface area contributed by atoms with Gasteiger partial charge in [-0.05, 0) is 43.4 Å². The lowest BCUT2D eigenvalue weighted by atomic mass is 9.70. The summed E-state index contributed by atoms with van der Waals surface area (Å²) < 4.78 is 7.27. The molecule has 0 radical (unpaired) electrons. The van der Waals surface area contributed by atoms with E-state index in [4.69, 9.17) is 10.5 Å². The molecule has 29 heavy (non-hydrogen) atoms. The number of esters is 1. The quantitative estimate of drug-likeness (QED) is 0.571. The second-order valence-corrected chi connectivity index (χ2v) is 9.00. The fourth-order valence-corrected chi connectivity index (χ4v) is 4.01. The van der Waals surface area contributed by atoms with Crippen LogP contribution < -0.4 is 17.0 Å². The fraction of sp³-hybridized carbons (Fsp3) is 0.714. The predicted octanol–water partition coefficient (Wildman–Crippen LogP) is 2.12. The van der Waals surface area contributed by atoms with Crippen LogP contribution in [0.1, 0.15) is 70.2 Å². The summed E-state index contributed by atoms with van der Waals surface area (Å²) in [6, 6.07) is 0. The van der Waals surface area contributed by atoms with Crippen molar-refractivity contribution in [3.05, 3.63) is 26.4 Å². The molecular formula is C21H33N3O5. The molecule has 0 saturated heterocycles. The van der Waals surface area contributed by atoms with Crippen molar-refractivity contribution >= 4 is 17.6 Å². The van der Waals surface area contributed by atoms with E-state index in [1.807, 2.05) is 6.92 Å². The summed E-state index contributed by atoms with van der Waals surface area (Å²) in [5.41, 5.74) is 4.50. The van der Waals surface area contributed by atoms with Crippen LogP contribution in [0.5, 0.6) is 0 Å². The van der Waals surface area contributed by atoms with Gasteiger partial charge in [-0.25, -0.2) is 4.79 Å². The van der Waals surface area contributed by atoms with Gasteiger partial charge in [-0.1, -0.05) is 27.7 Å². The molecule has 2 rings (SSSR count). The van der Waals surface area contributed by atoms with Gasteiger partial charge in [-0.15, -0.1) is 0 Å². The lowest BCUT2D eigenvalue weighted by molar-refractivity contribution is -0.149. The van der Waals surface area contributed by atoms with Gasteiger partial charge in [-0.3, -0.25) is 23.5 Å². The summed E-state index contributed by atoms with van der Waals surface area (Å²) in [6.45, 7) is 8.21. The largest absolute Gasteiger partial charge is 0.457 e. The van der Waals surface area contributed by atoms with E-state index in [-0.39, 0.29) is 29.3 Å². The number of nitrogens with zero attached hydrogens (tertiary/aromatic N) is 2. The molecule has 0 aromatic carbocycles. The molecule has 0 atom stereocenters. The zero-order valence-electron chi connectivity index (χ0n) is 18.1. The second-order valence-electron chi connectivity index (χ2n) is 9.00. The molecule has 1 aliphatic carbocycles. The third-order valence-electron chi connectivity index (χ3n) is 5.94. The number of carbonyl (C=O) groups excluding carboxylic acids is 2. The SMILES string of the molecule is CCCn1c(N)c(C(=O)COC(=O)C2CCC(C(C)(C)C)CC2)c(=O)n(C)c1=O. The Kier molecular flexibility index (Phi) is 7.08. The number of rotatable bonds is 6. The van der Waals surface area contributed by atoms with Gasteiger partial charge in [0.25, 0.3) is 5.56 Å². The van der Waals surface area contributed by atoms with Gasteiger partial charge in [-0.2, -0.15) is 0 Å². The lowest BCUT2D eigenvalue weighted by Crippen LogP contribution is -2.43. The number of nitrogens with two attached hydrogens (primary N) is 1. The van der Waals surface area contributed by atoms with Crippen LogP contribution in [0.15, 0.2) is 9.59 Å². The molecule has 0 amide bonds. The van der Waals surface area contributed by atoms with Gasteiger partial charge in [0, 0.05) is 13.6 Å². The smallest absolute Gasteiger partial charge is 0.332 e. The summed E-state index contributed by atoms with van der Waals surface area (Å²) in [5.74, 6) is -0.939. The molecule has 1 saturated carbocycles. The van der Waals surface area contributed by atoms with Crippen molar-refractivity contribution < 1.29 is 14.3 Å². The topological polar surface area (TPSA) is 113 Å². The maximum atomic E-state index is 12.6. The van der Waals surface area contributed by atoms with E-state index >= 15 is 0 Å². The minimum absolute atomic E-state index is 0.174. The Morgan fingerprint density at radius 2 is 1.72 bits per heavy atom. The molecule has 1 aromatic heterocycles. The number of anilines is 1. The number of ether oxygens (including phenoxy) is 1. The molecule has 1 heterocycles. The van der Waals surface area contributed by atoms with E-state index in [2.05, 4.69) is 20.8 Å². The maximum absolute atomic E-state index is 12.6. The molecule has 0 spiro atoms. The van der Waals surface area contributed by atoms with Gasteiger partial charge in [0.1, 0.15) is 11.4 Å². The number of hydrogen-bond acceptors (Lipinski definition) is 6. The van der Waals surface area contributed by atoms with Crippen molar-refractivity contribution in [2.24, 2.45) is 24.3 Å². The third-order valence-corrected chi connectivity index (χ3v) is 5.94. The van der Waals surface area contributed by atoms with Crippen LogP contribution in [-0.2, 0) is 23.1 Å². The van der Waals surface area contributed by atoms with Crippen LogP contribution in [0.25, 0.3) is 0 Å². The fourth-order valence-electron chi connectivity index (χ4n) is 4.01. The normalized spacial score (nSPS) is 19.8. The van der Waals surface area contributed by atoms with Crippen LogP contribution in [0, 0.1) is 17.3 Å². The van der Waals surface area contributed by atoms with Crippen LogP contribution >= 0.6 is 0 Å². The molecule has 0 bridgehead atoms. The van der Waals surface area contributed by atoms with Gasteiger partial charge >= 0.3 is 11.7 Å². The van der Waals surface area contributed by atoms with Gasteiger partial charge < -0.3 is 10.5 Å². The average Bonchev–Trinajstić information content (AvgIpc) is 2.67. The Bertz CT molecular complexity index is 883. The first-order valence-corrected chi connectivity index (χ1v) is 10.3. The number of Topliss-reactive ketones (excluding diaryl/α,β-unsaturated/α-hetero) is 1. The highest BCUT2D eigenvalue weighted by atomic mass is 16.5. The molecular weight excluding hydrogens is 374 g/mol. The molecule has 1 aliphatic rings. The van der Waals surface area contributed by atoms with Crippen molar-refractivity contribution in [2.75, 3.05) is 12.3 Å². The highest BCUT2D eigenvalue weighted by Gasteiger charge is 2.33. The molecule has 0 aliphatic heterocycles. The van der Waals surface area contributed by atoms with Crippen LogP contribution in [-0.4, -0.2) is 27.5 Å². The van der Waals surface area contributed by atoms with Crippen LogP contribution in [0.3, 0.4) is 0 Å². The van der Waals surface area contributed by atoms with Crippen molar-refractivity contribution in [1.82, 2.24) is 9.13 Å². The van der Waals surface area contributed by atoms with E-state index in [0.29, 0.717) is 12.3 Å². The van der Waals surface area contributed by atoms with Gasteiger partial charge in [0.05, 0.1) is 5.92 Å². The number of carbonyl (C=O) groups is 2. The van der Waals surface area contributed by atoms with Crippen molar-refractivity contribution in [3.63, 3.8) is 0 Å². The second kappa shape index (κ2) is 8.97. The van der Waals surface area contributed by atoms with E-state index in [0.717, 1.165) is 30.3 Å². The summed E-state index contributed by atoms with van der Waals surface area (Å²) in [6.07, 6.45) is 3.99. The maximum Gasteiger partial charge on any atom is 0.332 e. The number of aromatic nitrogens is 2. The zero-order chi connectivity index (χ0) is 21.9. The summed E-state index contributed by atoms with van der Waals surface area (Å²) in [7, 11) is 1.30. The molecule has 162 valence electrons. The Balaban J connectivity index is 2.07. The predicted molar refractivity (Wildman–Crippen MR) is 111 cm³/mol. The van der Waals surface area contributed by atoms with Crippen molar-refractivity contribution in [2.45, 2.75) is 66.3 Å². The minimum atomic E-state index is -0.772. The zero-order valence-corrected chi connectivity index (χ0v) is 18.1. The Morgan fingerprint density at radius 3 is 2.24 bits per heavy atom. The van der Waals surface area contributed by atoms with E-state index in [9.17, 15) is 19.2 Å². The molecule has 8 heteroatoms. The molecule has 0 unspecified atom stereocenters. The first-order valence-electron chi connectivity index (χ1n) is 10.3. The van der Waals surface area contributed by atoms with Crippen molar-refractivity contribution in [1.29, 1.82) is 0 Å². The highest BCUT2D eigenvalue weighted by molar-refractivity contribution is 6.01. The first-order chi connectivity index (χ1) is 13.5. The van der Waals surface area contributed by atoms with Gasteiger partial charge in [0.2, 0.25) is 5.78 Å². The highest BCUT2D eigenvalue weighted by Crippen LogP contribution is 2.40. The van der Waals surface area contributed by atoms with E-state index in [1.165, 1.54) is 11.6 Å². The number of ketones is 1. The van der Waals surface area contributed by atoms with E-state index in [1.54, 1.807) is 0 Å². The van der Waals surface area contributed by atoms with E-state index < -0.39 is 29.6 Å². The Morgan fingerprint density at radius 1 is 1.14 bits per heavy atom. The number of nitrogen functional groups attached to an aromatic ring is 1. The van der Waals surface area contributed by atoms with Gasteiger partial charge in [0.15, 0.2) is 6.61 Å². The lowest BCUT2D eigenvalue weighted by Gasteiger charge is -2.36. The van der Waals surface area contributed by atoms with Crippen LogP contribution in [0.4, 0.5) is 5.82 Å². The Labute approximate surface area is 171 Å². The molecule has 1 fully saturated rings. The summed E-state index contributed by atoms with van der Waals surface area (Å²) in [5, 5.41) is 0. The molecule has 2 N–H and O–H groups in total. The molecule has 8 nitrogen and oxygen atoms in total. The first kappa shape index (κ1) is 22.9. The monoisotopic (exact) mass is 407 g/mol. The average molecular weight is 408 g/mol.